The minimum Gasteiger partial charge on any atom is -0.325 e. The predicted octanol–water partition coefficient (Wildman–Crippen LogP) is 3.29. The first-order valence-electron chi connectivity index (χ1n) is 5.11. The van der Waals surface area contributed by atoms with Crippen LogP contribution in [0, 0.1) is 0 Å². The molecule has 0 aromatic heterocycles. The lowest BCUT2D eigenvalue weighted by molar-refractivity contribution is 0.415. The summed E-state index contributed by atoms with van der Waals surface area (Å²) in [6, 6.07) is 8.13. The van der Waals surface area contributed by atoms with E-state index in [4.69, 9.17) is 0 Å². The van der Waals surface area contributed by atoms with Crippen molar-refractivity contribution < 1.29 is 4.28 Å². The van der Waals surface area contributed by atoms with E-state index in [9.17, 15) is 0 Å². The van der Waals surface area contributed by atoms with E-state index in [1.807, 2.05) is 25.1 Å². The number of hydrogen-bond acceptors (Lipinski definition) is 4. The summed E-state index contributed by atoms with van der Waals surface area (Å²) in [5.41, 5.74) is 3.80. The molecule has 16 heavy (non-hydrogen) atoms. The predicted molar refractivity (Wildman–Crippen MR) is 69.7 cm³/mol. The Morgan fingerprint density at radius 1 is 1.38 bits per heavy atom. The van der Waals surface area contributed by atoms with Gasteiger partial charge in [-0.2, -0.15) is 0 Å². The minimum atomic E-state index is -0.128. The SMILES string of the molecule is C/C(=N\OS)C1=Nc2ccccc2C1(C)C. The van der Waals surface area contributed by atoms with Crippen molar-refractivity contribution in [2.24, 2.45) is 10.1 Å². The van der Waals surface area contributed by atoms with E-state index < -0.39 is 0 Å². The molecule has 1 aliphatic heterocycles. The number of thiol groups is 1. The average Bonchev–Trinajstić information content (AvgIpc) is 2.52. The average molecular weight is 234 g/mol. The molecule has 0 N–H and O–H groups in total. The first-order chi connectivity index (χ1) is 7.57. The third-order valence-electron chi connectivity index (χ3n) is 2.92. The van der Waals surface area contributed by atoms with Crippen molar-refractivity contribution in [3.8, 4) is 0 Å². The zero-order chi connectivity index (χ0) is 11.8. The first-order valence-corrected chi connectivity index (χ1v) is 5.48. The van der Waals surface area contributed by atoms with Crippen molar-refractivity contribution in [3.05, 3.63) is 29.8 Å². The van der Waals surface area contributed by atoms with Gasteiger partial charge < -0.3 is 4.28 Å². The molecule has 0 atom stereocenters. The Morgan fingerprint density at radius 3 is 2.69 bits per heavy atom. The Bertz CT molecular complexity index is 478. The lowest BCUT2D eigenvalue weighted by atomic mass is 9.80. The van der Waals surface area contributed by atoms with Crippen molar-refractivity contribution in [1.82, 2.24) is 0 Å². The van der Waals surface area contributed by atoms with E-state index in [2.05, 4.69) is 47.3 Å². The highest BCUT2D eigenvalue weighted by Crippen LogP contribution is 2.39. The molecule has 0 saturated carbocycles. The fourth-order valence-corrected chi connectivity index (χ4v) is 2.25. The monoisotopic (exact) mass is 234 g/mol. The largest absolute Gasteiger partial charge is 0.325 e. The number of benzene rings is 1. The Hall–Kier alpha value is -1.29. The second-order valence-electron chi connectivity index (χ2n) is 4.36. The van der Waals surface area contributed by atoms with Gasteiger partial charge in [0, 0.05) is 5.41 Å². The number of oxime groups is 1. The van der Waals surface area contributed by atoms with E-state index in [0.29, 0.717) is 0 Å². The van der Waals surface area contributed by atoms with E-state index in [-0.39, 0.29) is 5.41 Å². The molecule has 1 aliphatic rings. The van der Waals surface area contributed by atoms with Crippen LogP contribution in [-0.4, -0.2) is 11.4 Å². The number of para-hydroxylation sites is 1. The van der Waals surface area contributed by atoms with Crippen molar-refractivity contribution in [1.29, 1.82) is 0 Å². The molecule has 1 aromatic carbocycles. The molecule has 84 valence electrons. The standard InChI is InChI=1S/C12H14N2OS/c1-8(14-15-16)11-12(2,3)9-6-4-5-7-10(9)13-11/h4-7,16H,1-3H3/b14-8+. The van der Waals surface area contributed by atoms with Crippen LogP contribution < -0.4 is 0 Å². The van der Waals surface area contributed by atoms with Gasteiger partial charge in [-0.25, -0.2) is 0 Å². The smallest absolute Gasteiger partial charge is 0.100 e. The maximum atomic E-state index is 4.59. The quantitative estimate of drug-likeness (QED) is 0.362. The molecular formula is C12H14N2OS. The fraction of sp³-hybridized carbons (Fsp3) is 0.333. The maximum absolute atomic E-state index is 4.59. The molecular weight excluding hydrogens is 220 g/mol. The summed E-state index contributed by atoms with van der Waals surface area (Å²) in [4.78, 5) is 4.59. The normalized spacial score (nSPS) is 18.0. The second kappa shape index (κ2) is 3.94. The van der Waals surface area contributed by atoms with Gasteiger partial charge in [0.15, 0.2) is 0 Å². The number of aliphatic imine (C=N–C) groups is 1. The summed E-state index contributed by atoms with van der Waals surface area (Å²) in [5, 5.41) is 3.84. The van der Waals surface area contributed by atoms with E-state index in [1.165, 1.54) is 5.56 Å². The molecule has 0 aliphatic carbocycles. The van der Waals surface area contributed by atoms with Gasteiger partial charge in [-0.05, 0) is 18.6 Å². The Kier molecular flexibility index (Phi) is 2.76. The third kappa shape index (κ3) is 1.63. The van der Waals surface area contributed by atoms with Crippen LogP contribution in [0.25, 0.3) is 0 Å². The molecule has 3 nitrogen and oxygen atoms in total. The molecule has 0 fully saturated rings. The lowest BCUT2D eigenvalue weighted by Crippen LogP contribution is -2.30. The van der Waals surface area contributed by atoms with Gasteiger partial charge in [0.25, 0.3) is 0 Å². The van der Waals surface area contributed by atoms with Crippen molar-refractivity contribution in [2.45, 2.75) is 26.2 Å². The summed E-state index contributed by atoms with van der Waals surface area (Å²) < 4.78 is 4.51. The van der Waals surface area contributed by atoms with Crippen LogP contribution >= 0.6 is 12.9 Å². The summed E-state index contributed by atoms with van der Waals surface area (Å²) in [5.74, 6) is 0. The van der Waals surface area contributed by atoms with Crippen LogP contribution in [0.5, 0.6) is 0 Å². The van der Waals surface area contributed by atoms with Gasteiger partial charge in [-0.15, -0.1) is 0 Å². The lowest BCUT2D eigenvalue weighted by Gasteiger charge is -2.21. The zero-order valence-electron chi connectivity index (χ0n) is 9.56. The fourth-order valence-electron chi connectivity index (χ4n) is 2.13. The number of rotatable bonds is 2. The summed E-state index contributed by atoms with van der Waals surface area (Å²) in [7, 11) is 0. The Labute approximate surface area is 101 Å². The zero-order valence-corrected chi connectivity index (χ0v) is 10.5. The minimum absolute atomic E-state index is 0.128. The number of hydrogen-bond donors (Lipinski definition) is 1. The Balaban J connectivity index is 2.50. The highest BCUT2D eigenvalue weighted by molar-refractivity contribution is 7.75. The molecule has 4 heteroatoms. The van der Waals surface area contributed by atoms with Crippen LogP contribution in [0.2, 0.25) is 0 Å². The number of fused-ring (bicyclic) bond motifs is 1. The molecule has 0 bridgehead atoms. The van der Waals surface area contributed by atoms with Gasteiger partial charge in [0.05, 0.1) is 24.3 Å². The van der Waals surface area contributed by atoms with Crippen LogP contribution in [0.1, 0.15) is 26.3 Å². The van der Waals surface area contributed by atoms with Crippen molar-refractivity contribution in [2.75, 3.05) is 0 Å². The molecule has 2 rings (SSSR count). The summed E-state index contributed by atoms with van der Waals surface area (Å²) >= 11 is 3.63. The molecule has 0 amide bonds. The molecule has 0 spiro atoms. The molecule has 1 aromatic rings. The molecule has 0 radical (unpaired) electrons. The van der Waals surface area contributed by atoms with Gasteiger partial charge in [0.1, 0.15) is 5.71 Å². The summed E-state index contributed by atoms with van der Waals surface area (Å²) in [6.07, 6.45) is 0. The first kappa shape index (κ1) is 11.2. The van der Waals surface area contributed by atoms with Crippen molar-refractivity contribution >= 4 is 30.0 Å². The molecule has 1 heterocycles. The summed E-state index contributed by atoms with van der Waals surface area (Å²) in [6.45, 7) is 6.15. The van der Waals surface area contributed by atoms with Crippen LogP contribution in [0.3, 0.4) is 0 Å². The van der Waals surface area contributed by atoms with Gasteiger partial charge >= 0.3 is 0 Å². The van der Waals surface area contributed by atoms with Crippen LogP contribution in [0.4, 0.5) is 5.69 Å². The van der Waals surface area contributed by atoms with Crippen molar-refractivity contribution in [3.63, 3.8) is 0 Å². The van der Waals surface area contributed by atoms with Crippen LogP contribution in [-0.2, 0) is 9.70 Å². The van der Waals surface area contributed by atoms with Gasteiger partial charge in [0.2, 0.25) is 0 Å². The molecule has 0 saturated heterocycles. The highest BCUT2D eigenvalue weighted by atomic mass is 32.1. The van der Waals surface area contributed by atoms with E-state index >= 15 is 0 Å². The Morgan fingerprint density at radius 2 is 2.06 bits per heavy atom. The third-order valence-corrected chi connectivity index (χ3v) is 3.00. The number of nitrogens with zero attached hydrogens (tertiary/aromatic N) is 2. The van der Waals surface area contributed by atoms with E-state index in [0.717, 1.165) is 17.1 Å². The van der Waals surface area contributed by atoms with Gasteiger partial charge in [-0.1, -0.05) is 37.2 Å². The van der Waals surface area contributed by atoms with Gasteiger partial charge in [-0.3, -0.25) is 4.99 Å². The van der Waals surface area contributed by atoms with E-state index in [1.54, 1.807) is 0 Å². The molecule has 0 unspecified atom stereocenters. The highest BCUT2D eigenvalue weighted by Gasteiger charge is 2.36. The van der Waals surface area contributed by atoms with Crippen LogP contribution in [0.15, 0.2) is 34.4 Å². The second-order valence-corrected chi connectivity index (χ2v) is 4.52. The topological polar surface area (TPSA) is 34.0 Å². The maximum Gasteiger partial charge on any atom is 0.100 e.